The maximum absolute atomic E-state index is 12.5. The number of nitrogens with one attached hydrogen (secondary N) is 3. The highest BCUT2D eigenvalue weighted by molar-refractivity contribution is 5.93. The van der Waals surface area contributed by atoms with Crippen molar-refractivity contribution in [3.05, 3.63) is 77.4 Å². The number of fused-ring (bicyclic) bond motifs is 1. The molecule has 3 aromatic rings. The molecule has 0 fully saturated rings. The van der Waals surface area contributed by atoms with Gasteiger partial charge in [0.15, 0.2) is 6.61 Å². The first-order valence-corrected chi connectivity index (χ1v) is 11.3. The molecule has 3 amide bonds. The van der Waals surface area contributed by atoms with E-state index in [9.17, 15) is 14.4 Å². The Balaban J connectivity index is 1.47. The van der Waals surface area contributed by atoms with Crippen molar-refractivity contribution in [2.75, 3.05) is 6.61 Å². The number of rotatable bonds is 8. The highest BCUT2D eigenvalue weighted by Crippen LogP contribution is 2.27. The van der Waals surface area contributed by atoms with Gasteiger partial charge in [-0.3, -0.25) is 25.2 Å². The first-order chi connectivity index (χ1) is 16.2. The van der Waals surface area contributed by atoms with E-state index in [0.717, 1.165) is 27.5 Å². The number of aryl methyl sites for hydroxylation is 1. The molecule has 0 radical (unpaired) electrons. The van der Waals surface area contributed by atoms with E-state index in [1.807, 2.05) is 81.4 Å². The molecule has 7 nitrogen and oxygen atoms in total. The Morgan fingerprint density at radius 3 is 2.38 bits per heavy atom. The standard InChI is InChI=1S/C27H31N3O4/c1-17(2)22-13-12-18(3)14-24(22)34-16-26(32)29-30-27(33)19(4)28-25(31)15-21-10-7-9-20-8-5-6-11-23(20)21/h5-14,17,19H,15-16H2,1-4H3,(H,28,31)(H,29,32)(H,30,33)/t19-/m0/s1. The van der Waals surface area contributed by atoms with Crippen molar-refractivity contribution in [3.8, 4) is 5.75 Å². The number of carbonyl (C=O) groups is 3. The molecule has 0 aliphatic carbocycles. The first kappa shape index (κ1) is 24.8. The number of hydrazine groups is 1. The molecule has 0 aromatic heterocycles. The molecule has 0 saturated heterocycles. The van der Waals surface area contributed by atoms with Crippen LogP contribution in [0.3, 0.4) is 0 Å². The van der Waals surface area contributed by atoms with E-state index in [1.165, 1.54) is 0 Å². The highest BCUT2D eigenvalue weighted by atomic mass is 16.5. The van der Waals surface area contributed by atoms with Crippen LogP contribution < -0.4 is 20.9 Å². The molecule has 0 unspecified atom stereocenters. The summed E-state index contributed by atoms with van der Waals surface area (Å²) < 4.78 is 5.67. The van der Waals surface area contributed by atoms with Gasteiger partial charge < -0.3 is 10.1 Å². The van der Waals surface area contributed by atoms with Gasteiger partial charge in [-0.1, -0.05) is 68.4 Å². The molecule has 0 spiro atoms. The Morgan fingerprint density at radius 1 is 0.882 bits per heavy atom. The van der Waals surface area contributed by atoms with Crippen LogP contribution in [0.5, 0.6) is 5.75 Å². The van der Waals surface area contributed by atoms with Gasteiger partial charge in [0.25, 0.3) is 11.8 Å². The molecule has 0 bridgehead atoms. The van der Waals surface area contributed by atoms with E-state index in [0.29, 0.717) is 5.75 Å². The lowest BCUT2D eigenvalue weighted by molar-refractivity contribution is -0.132. The smallest absolute Gasteiger partial charge is 0.276 e. The molecule has 1 atom stereocenters. The topological polar surface area (TPSA) is 96.5 Å². The van der Waals surface area contributed by atoms with Gasteiger partial charge in [0.05, 0.1) is 6.42 Å². The summed E-state index contributed by atoms with van der Waals surface area (Å²) >= 11 is 0. The molecule has 0 aliphatic rings. The lowest BCUT2D eigenvalue weighted by atomic mass is 10.0. The minimum absolute atomic E-state index is 0.147. The average Bonchev–Trinajstić information content (AvgIpc) is 2.81. The van der Waals surface area contributed by atoms with Crippen molar-refractivity contribution < 1.29 is 19.1 Å². The van der Waals surface area contributed by atoms with Crippen molar-refractivity contribution in [1.82, 2.24) is 16.2 Å². The van der Waals surface area contributed by atoms with E-state index in [-0.39, 0.29) is 24.9 Å². The number of benzene rings is 3. The summed E-state index contributed by atoms with van der Waals surface area (Å²) in [7, 11) is 0. The van der Waals surface area contributed by atoms with Crippen LogP contribution in [0.25, 0.3) is 10.8 Å². The summed E-state index contributed by atoms with van der Waals surface area (Å²) in [6, 6.07) is 18.6. The maximum Gasteiger partial charge on any atom is 0.276 e. The predicted molar refractivity (Wildman–Crippen MR) is 132 cm³/mol. The summed E-state index contributed by atoms with van der Waals surface area (Å²) in [4.78, 5) is 37.0. The SMILES string of the molecule is Cc1ccc(C(C)C)c(OCC(=O)NNC(=O)[C@H](C)NC(=O)Cc2cccc3ccccc23)c1. The quantitative estimate of drug-likeness (QED) is 0.447. The molecule has 34 heavy (non-hydrogen) atoms. The molecule has 0 heterocycles. The van der Waals surface area contributed by atoms with Crippen molar-refractivity contribution >= 4 is 28.5 Å². The van der Waals surface area contributed by atoms with Gasteiger partial charge >= 0.3 is 0 Å². The summed E-state index contributed by atoms with van der Waals surface area (Å²) in [6.45, 7) is 7.36. The number of amides is 3. The van der Waals surface area contributed by atoms with Crippen LogP contribution in [0.15, 0.2) is 60.7 Å². The van der Waals surface area contributed by atoms with Crippen LogP contribution in [-0.4, -0.2) is 30.4 Å². The van der Waals surface area contributed by atoms with E-state index >= 15 is 0 Å². The van der Waals surface area contributed by atoms with Crippen molar-refractivity contribution in [2.24, 2.45) is 0 Å². The lowest BCUT2D eigenvalue weighted by Crippen LogP contribution is -2.52. The minimum atomic E-state index is -0.826. The number of hydrogen-bond acceptors (Lipinski definition) is 4. The largest absolute Gasteiger partial charge is 0.483 e. The molecule has 3 N–H and O–H groups in total. The van der Waals surface area contributed by atoms with Crippen LogP contribution >= 0.6 is 0 Å². The van der Waals surface area contributed by atoms with Crippen LogP contribution in [0.2, 0.25) is 0 Å². The van der Waals surface area contributed by atoms with Crippen LogP contribution in [0.1, 0.15) is 43.4 Å². The summed E-state index contributed by atoms with van der Waals surface area (Å²) in [5.41, 5.74) is 7.58. The third-order valence-electron chi connectivity index (χ3n) is 5.48. The summed E-state index contributed by atoms with van der Waals surface area (Å²) in [5.74, 6) is -0.423. The van der Waals surface area contributed by atoms with Crippen molar-refractivity contribution in [1.29, 1.82) is 0 Å². The maximum atomic E-state index is 12.5. The highest BCUT2D eigenvalue weighted by Gasteiger charge is 2.17. The van der Waals surface area contributed by atoms with Gasteiger partial charge in [-0.2, -0.15) is 0 Å². The van der Waals surface area contributed by atoms with Gasteiger partial charge in [-0.15, -0.1) is 0 Å². The molecule has 178 valence electrons. The summed E-state index contributed by atoms with van der Waals surface area (Å²) in [5, 5.41) is 4.72. The zero-order valence-corrected chi connectivity index (χ0v) is 20.0. The van der Waals surface area contributed by atoms with Gasteiger partial charge in [0.2, 0.25) is 5.91 Å². The fourth-order valence-corrected chi connectivity index (χ4v) is 3.64. The Kier molecular flexibility index (Phi) is 8.24. The lowest BCUT2D eigenvalue weighted by Gasteiger charge is -2.16. The molecular weight excluding hydrogens is 430 g/mol. The number of ether oxygens (including phenoxy) is 1. The fraction of sp³-hybridized carbons (Fsp3) is 0.296. The van der Waals surface area contributed by atoms with Gasteiger partial charge in [-0.25, -0.2) is 0 Å². The third kappa shape index (κ3) is 6.57. The van der Waals surface area contributed by atoms with Gasteiger partial charge in [0.1, 0.15) is 11.8 Å². The number of hydrogen-bond donors (Lipinski definition) is 3. The van der Waals surface area contributed by atoms with Gasteiger partial charge in [-0.05, 0) is 53.3 Å². The van der Waals surface area contributed by atoms with Crippen LogP contribution in [-0.2, 0) is 20.8 Å². The van der Waals surface area contributed by atoms with E-state index in [1.54, 1.807) is 6.92 Å². The monoisotopic (exact) mass is 461 g/mol. The van der Waals surface area contributed by atoms with E-state index < -0.39 is 17.9 Å². The zero-order chi connectivity index (χ0) is 24.7. The minimum Gasteiger partial charge on any atom is -0.483 e. The normalized spacial score (nSPS) is 11.7. The molecular formula is C27H31N3O4. The fourth-order valence-electron chi connectivity index (χ4n) is 3.64. The molecule has 0 aliphatic heterocycles. The van der Waals surface area contributed by atoms with Crippen molar-refractivity contribution in [3.63, 3.8) is 0 Å². The Labute approximate surface area is 199 Å². The Hall–Kier alpha value is -3.87. The Morgan fingerprint density at radius 2 is 1.62 bits per heavy atom. The second kappa shape index (κ2) is 11.3. The molecule has 7 heteroatoms. The Bertz CT molecular complexity index is 1180. The van der Waals surface area contributed by atoms with Crippen LogP contribution in [0, 0.1) is 6.92 Å². The van der Waals surface area contributed by atoms with E-state index in [4.69, 9.17) is 4.74 Å². The van der Waals surface area contributed by atoms with Gasteiger partial charge in [0, 0.05) is 0 Å². The predicted octanol–water partition coefficient (Wildman–Crippen LogP) is 3.55. The second-order valence-corrected chi connectivity index (χ2v) is 8.63. The third-order valence-corrected chi connectivity index (χ3v) is 5.48. The second-order valence-electron chi connectivity index (χ2n) is 8.63. The van der Waals surface area contributed by atoms with Crippen molar-refractivity contribution in [2.45, 2.75) is 46.1 Å². The average molecular weight is 462 g/mol. The van der Waals surface area contributed by atoms with E-state index in [2.05, 4.69) is 16.2 Å². The summed E-state index contributed by atoms with van der Waals surface area (Å²) in [6.07, 6.45) is 0.147. The molecule has 3 aromatic carbocycles. The first-order valence-electron chi connectivity index (χ1n) is 11.3. The van der Waals surface area contributed by atoms with Crippen LogP contribution in [0.4, 0.5) is 0 Å². The molecule has 0 saturated carbocycles. The number of carbonyl (C=O) groups excluding carboxylic acids is 3. The molecule has 3 rings (SSSR count). The zero-order valence-electron chi connectivity index (χ0n) is 20.0.